The molecule has 0 aromatic heterocycles. The lowest BCUT2D eigenvalue weighted by molar-refractivity contribution is 0.194. The number of anilines is 1. The van der Waals surface area contributed by atoms with Gasteiger partial charge in [0.1, 0.15) is 5.82 Å². The minimum absolute atomic E-state index is 0.204. The van der Waals surface area contributed by atoms with Crippen molar-refractivity contribution in [3.8, 4) is 0 Å². The predicted molar refractivity (Wildman–Crippen MR) is 51.5 cm³/mol. The molecule has 0 aliphatic carbocycles. The van der Waals surface area contributed by atoms with Gasteiger partial charge in [0.2, 0.25) is 0 Å². The average molecular weight is 181 g/mol. The number of hydrogen-bond acceptors (Lipinski definition) is 2. The van der Waals surface area contributed by atoms with Crippen LogP contribution in [0.3, 0.4) is 0 Å². The van der Waals surface area contributed by atoms with E-state index in [9.17, 15) is 9.50 Å². The third-order valence-electron chi connectivity index (χ3n) is 1.89. The third-order valence-corrected chi connectivity index (χ3v) is 1.89. The fourth-order valence-corrected chi connectivity index (χ4v) is 1.28. The molecule has 70 valence electrons. The Morgan fingerprint density at radius 3 is 2.62 bits per heavy atom. The fraction of sp³-hybridized carbons (Fsp3) is 0.200. The van der Waals surface area contributed by atoms with Gasteiger partial charge in [0, 0.05) is 16.8 Å². The lowest BCUT2D eigenvalue weighted by Crippen LogP contribution is -2.02. The van der Waals surface area contributed by atoms with Gasteiger partial charge in [-0.05, 0) is 19.1 Å². The summed E-state index contributed by atoms with van der Waals surface area (Å²) in [7, 11) is 0. The van der Waals surface area contributed by atoms with Crippen LogP contribution in [0.15, 0.2) is 18.7 Å². The van der Waals surface area contributed by atoms with Crippen LogP contribution < -0.4 is 5.73 Å². The number of aliphatic hydroxyl groups is 1. The number of hydrogen-bond donors (Lipinski definition) is 2. The maximum Gasteiger partial charge on any atom is 0.129 e. The van der Waals surface area contributed by atoms with Crippen LogP contribution in [0.4, 0.5) is 10.1 Å². The zero-order valence-electron chi connectivity index (χ0n) is 7.42. The SMILES string of the molecule is C=Cc1c(N)ccc(F)c1C(C)O. The number of rotatable bonds is 2. The normalized spacial score (nSPS) is 12.5. The summed E-state index contributed by atoms with van der Waals surface area (Å²) >= 11 is 0. The fourth-order valence-electron chi connectivity index (χ4n) is 1.28. The van der Waals surface area contributed by atoms with E-state index in [1.54, 1.807) is 0 Å². The molecule has 1 rings (SSSR count). The molecular weight excluding hydrogens is 169 g/mol. The minimum Gasteiger partial charge on any atom is -0.398 e. The third kappa shape index (κ3) is 1.70. The molecule has 0 amide bonds. The standard InChI is InChI=1S/C10H12FNO/c1-3-7-9(12)5-4-8(11)10(7)6(2)13/h3-6,13H,1,12H2,2H3. The van der Waals surface area contributed by atoms with Gasteiger partial charge in [-0.2, -0.15) is 0 Å². The Hall–Kier alpha value is -1.35. The van der Waals surface area contributed by atoms with Crippen LogP contribution in [0.2, 0.25) is 0 Å². The van der Waals surface area contributed by atoms with Crippen molar-refractivity contribution in [2.45, 2.75) is 13.0 Å². The molecule has 0 aliphatic rings. The highest BCUT2D eigenvalue weighted by atomic mass is 19.1. The second-order valence-corrected chi connectivity index (χ2v) is 2.84. The molecule has 1 atom stereocenters. The highest BCUT2D eigenvalue weighted by molar-refractivity contribution is 5.67. The Bertz CT molecular complexity index is 334. The summed E-state index contributed by atoms with van der Waals surface area (Å²) < 4.78 is 13.2. The Morgan fingerprint density at radius 2 is 2.23 bits per heavy atom. The molecule has 0 aliphatic heterocycles. The summed E-state index contributed by atoms with van der Waals surface area (Å²) in [6.45, 7) is 5.01. The number of halogens is 1. The van der Waals surface area contributed by atoms with Gasteiger partial charge in [-0.1, -0.05) is 12.7 Å². The molecular formula is C10H12FNO. The average Bonchev–Trinajstić information content (AvgIpc) is 2.07. The van der Waals surface area contributed by atoms with Crippen LogP contribution in [0.25, 0.3) is 6.08 Å². The zero-order chi connectivity index (χ0) is 10.0. The van der Waals surface area contributed by atoms with Crippen LogP contribution >= 0.6 is 0 Å². The maximum atomic E-state index is 13.2. The van der Waals surface area contributed by atoms with Crippen molar-refractivity contribution < 1.29 is 9.50 Å². The second-order valence-electron chi connectivity index (χ2n) is 2.84. The molecule has 0 saturated carbocycles. The van der Waals surface area contributed by atoms with Crippen molar-refractivity contribution in [1.82, 2.24) is 0 Å². The Morgan fingerprint density at radius 1 is 1.62 bits per heavy atom. The van der Waals surface area contributed by atoms with Crippen molar-refractivity contribution >= 4 is 11.8 Å². The molecule has 0 heterocycles. The number of aliphatic hydroxyl groups excluding tert-OH is 1. The smallest absolute Gasteiger partial charge is 0.129 e. The Balaban J connectivity index is 3.43. The van der Waals surface area contributed by atoms with Crippen molar-refractivity contribution in [1.29, 1.82) is 0 Å². The second kappa shape index (κ2) is 3.58. The number of benzene rings is 1. The largest absolute Gasteiger partial charge is 0.398 e. The first-order chi connectivity index (χ1) is 6.07. The van der Waals surface area contributed by atoms with E-state index in [4.69, 9.17) is 5.73 Å². The topological polar surface area (TPSA) is 46.2 Å². The lowest BCUT2D eigenvalue weighted by atomic mass is 10.0. The summed E-state index contributed by atoms with van der Waals surface area (Å²) in [6.07, 6.45) is 0.567. The van der Waals surface area contributed by atoms with Crippen LogP contribution in [-0.2, 0) is 0 Å². The molecule has 0 spiro atoms. The van der Waals surface area contributed by atoms with Gasteiger partial charge in [-0.15, -0.1) is 0 Å². The van der Waals surface area contributed by atoms with Crippen molar-refractivity contribution in [3.05, 3.63) is 35.7 Å². The van der Waals surface area contributed by atoms with Crippen LogP contribution in [0.1, 0.15) is 24.2 Å². The summed E-state index contributed by atoms with van der Waals surface area (Å²) in [6, 6.07) is 2.70. The monoisotopic (exact) mass is 181 g/mol. The van der Waals surface area contributed by atoms with E-state index in [2.05, 4.69) is 6.58 Å². The first-order valence-electron chi connectivity index (χ1n) is 3.96. The first kappa shape index (κ1) is 9.74. The van der Waals surface area contributed by atoms with Crippen LogP contribution in [0.5, 0.6) is 0 Å². The van der Waals surface area contributed by atoms with Gasteiger partial charge in [0.15, 0.2) is 0 Å². The first-order valence-corrected chi connectivity index (χ1v) is 3.96. The van der Waals surface area contributed by atoms with Gasteiger partial charge in [-0.3, -0.25) is 0 Å². The minimum atomic E-state index is -0.878. The Labute approximate surface area is 76.5 Å². The van der Waals surface area contributed by atoms with Crippen molar-refractivity contribution in [2.24, 2.45) is 0 Å². The molecule has 13 heavy (non-hydrogen) atoms. The molecule has 1 aromatic rings. The van der Waals surface area contributed by atoms with E-state index in [1.807, 2.05) is 0 Å². The molecule has 3 heteroatoms. The Kier molecular flexibility index (Phi) is 2.68. The van der Waals surface area contributed by atoms with E-state index < -0.39 is 11.9 Å². The van der Waals surface area contributed by atoms with Crippen LogP contribution in [0, 0.1) is 5.82 Å². The van der Waals surface area contributed by atoms with Crippen LogP contribution in [-0.4, -0.2) is 5.11 Å². The van der Waals surface area contributed by atoms with E-state index in [1.165, 1.54) is 25.1 Å². The van der Waals surface area contributed by atoms with Gasteiger partial charge < -0.3 is 10.8 Å². The van der Waals surface area contributed by atoms with Gasteiger partial charge in [-0.25, -0.2) is 4.39 Å². The predicted octanol–water partition coefficient (Wildman–Crippen LogP) is 2.10. The highest BCUT2D eigenvalue weighted by Crippen LogP contribution is 2.26. The van der Waals surface area contributed by atoms with E-state index in [0.29, 0.717) is 11.3 Å². The molecule has 0 radical (unpaired) electrons. The summed E-state index contributed by atoms with van der Waals surface area (Å²) in [4.78, 5) is 0. The van der Waals surface area contributed by atoms with E-state index in [0.717, 1.165) is 0 Å². The van der Waals surface area contributed by atoms with Crippen molar-refractivity contribution in [3.63, 3.8) is 0 Å². The van der Waals surface area contributed by atoms with Gasteiger partial charge in [0.05, 0.1) is 6.10 Å². The maximum absolute atomic E-state index is 13.2. The number of nitrogen functional groups attached to an aromatic ring is 1. The molecule has 1 aromatic carbocycles. The van der Waals surface area contributed by atoms with E-state index in [-0.39, 0.29) is 5.56 Å². The zero-order valence-corrected chi connectivity index (χ0v) is 7.42. The molecule has 0 saturated heterocycles. The van der Waals surface area contributed by atoms with Gasteiger partial charge >= 0.3 is 0 Å². The molecule has 0 bridgehead atoms. The quantitative estimate of drug-likeness (QED) is 0.686. The molecule has 1 unspecified atom stereocenters. The molecule has 0 fully saturated rings. The molecule has 3 N–H and O–H groups in total. The van der Waals surface area contributed by atoms with Gasteiger partial charge in [0.25, 0.3) is 0 Å². The molecule has 2 nitrogen and oxygen atoms in total. The van der Waals surface area contributed by atoms with Crippen molar-refractivity contribution in [2.75, 3.05) is 5.73 Å². The summed E-state index contributed by atoms with van der Waals surface area (Å²) in [5.74, 6) is -0.459. The highest BCUT2D eigenvalue weighted by Gasteiger charge is 2.13. The summed E-state index contributed by atoms with van der Waals surface area (Å²) in [5.41, 5.74) is 6.68. The lowest BCUT2D eigenvalue weighted by Gasteiger charge is -2.12. The number of nitrogens with two attached hydrogens (primary N) is 1. The van der Waals surface area contributed by atoms with E-state index >= 15 is 0 Å². The summed E-state index contributed by atoms with van der Waals surface area (Å²) in [5, 5.41) is 9.30.